The molecule has 0 aliphatic carbocycles. The molecule has 1 aromatic carbocycles. The topological polar surface area (TPSA) is 21.3 Å². The summed E-state index contributed by atoms with van der Waals surface area (Å²) < 4.78 is 18.2. The number of methoxy groups -OCH3 is 1. The summed E-state index contributed by atoms with van der Waals surface area (Å²) in [6.07, 6.45) is 3.58. The molecule has 0 amide bonds. The fraction of sp³-hybridized carbons (Fsp3) is 0.500. The summed E-state index contributed by atoms with van der Waals surface area (Å²) in [6, 6.07) is 5.46. The Morgan fingerprint density at radius 3 is 2.81 bits per heavy atom. The van der Waals surface area contributed by atoms with Crippen molar-refractivity contribution in [2.75, 3.05) is 13.7 Å². The minimum atomic E-state index is -0.294. The van der Waals surface area contributed by atoms with Crippen molar-refractivity contribution in [3.05, 3.63) is 29.6 Å². The molecule has 0 unspecified atom stereocenters. The number of benzene rings is 1. The SMILES string of the molecule is COc1cc([C@@H]2CCCCN2)ccc1F.Cl. The maximum Gasteiger partial charge on any atom is 0.165 e. The van der Waals surface area contributed by atoms with Crippen LogP contribution in [0.2, 0.25) is 0 Å². The number of rotatable bonds is 2. The molecule has 2 rings (SSSR count). The number of hydrogen-bond donors (Lipinski definition) is 1. The Kier molecular flexibility index (Phi) is 5.03. The van der Waals surface area contributed by atoms with Crippen LogP contribution in [0.25, 0.3) is 0 Å². The summed E-state index contributed by atoms with van der Waals surface area (Å²) in [4.78, 5) is 0. The molecule has 1 atom stereocenters. The van der Waals surface area contributed by atoms with E-state index in [0.29, 0.717) is 11.8 Å². The Balaban J connectivity index is 0.00000128. The molecule has 0 radical (unpaired) electrons. The Morgan fingerprint density at radius 1 is 1.38 bits per heavy atom. The second-order valence-electron chi connectivity index (χ2n) is 3.90. The smallest absolute Gasteiger partial charge is 0.165 e. The van der Waals surface area contributed by atoms with Gasteiger partial charge in [0.25, 0.3) is 0 Å². The molecule has 1 heterocycles. The van der Waals surface area contributed by atoms with Crippen molar-refractivity contribution < 1.29 is 9.13 Å². The van der Waals surface area contributed by atoms with E-state index >= 15 is 0 Å². The molecule has 1 aliphatic rings. The Morgan fingerprint density at radius 2 is 2.19 bits per heavy atom. The Labute approximate surface area is 102 Å². The van der Waals surface area contributed by atoms with Crippen molar-refractivity contribution in [2.45, 2.75) is 25.3 Å². The third-order valence-corrected chi connectivity index (χ3v) is 2.89. The van der Waals surface area contributed by atoms with Crippen molar-refractivity contribution in [3.8, 4) is 5.75 Å². The molecule has 2 nitrogen and oxygen atoms in total. The highest BCUT2D eigenvalue weighted by molar-refractivity contribution is 5.85. The number of piperidine rings is 1. The van der Waals surface area contributed by atoms with Gasteiger partial charge in [-0.25, -0.2) is 4.39 Å². The zero-order valence-electron chi connectivity index (χ0n) is 9.33. The number of ether oxygens (including phenoxy) is 1. The van der Waals surface area contributed by atoms with Gasteiger partial charge in [0.05, 0.1) is 7.11 Å². The minimum absolute atomic E-state index is 0. The van der Waals surface area contributed by atoms with Gasteiger partial charge in [0.2, 0.25) is 0 Å². The van der Waals surface area contributed by atoms with Gasteiger partial charge in [0.15, 0.2) is 11.6 Å². The van der Waals surface area contributed by atoms with Gasteiger partial charge >= 0.3 is 0 Å². The van der Waals surface area contributed by atoms with Crippen LogP contribution in [0.3, 0.4) is 0 Å². The van der Waals surface area contributed by atoms with Crippen molar-refractivity contribution in [1.29, 1.82) is 0 Å². The number of hydrogen-bond acceptors (Lipinski definition) is 2. The Bertz CT molecular complexity index is 340. The predicted molar refractivity (Wildman–Crippen MR) is 64.8 cm³/mol. The molecule has 0 aromatic heterocycles. The summed E-state index contributed by atoms with van der Waals surface area (Å²) in [7, 11) is 1.50. The highest BCUT2D eigenvalue weighted by atomic mass is 35.5. The Hall–Kier alpha value is -0.800. The van der Waals surface area contributed by atoms with E-state index in [1.54, 1.807) is 6.07 Å². The summed E-state index contributed by atoms with van der Waals surface area (Å²) >= 11 is 0. The van der Waals surface area contributed by atoms with Gasteiger partial charge in [0, 0.05) is 6.04 Å². The summed E-state index contributed by atoms with van der Waals surface area (Å²) in [5.74, 6) is 0.0388. The van der Waals surface area contributed by atoms with Gasteiger partial charge in [-0.3, -0.25) is 0 Å². The van der Waals surface area contributed by atoms with Crippen LogP contribution in [0.5, 0.6) is 5.75 Å². The number of halogens is 2. The van der Waals surface area contributed by atoms with Crippen LogP contribution in [0, 0.1) is 5.82 Å². The van der Waals surface area contributed by atoms with Gasteiger partial charge in [-0.15, -0.1) is 12.4 Å². The summed E-state index contributed by atoms with van der Waals surface area (Å²) in [6.45, 7) is 1.05. The zero-order chi connectivity index (χ0) is 10.7. The first kappa shape index (κ1) is 13.3. The van der Waals surface area contributed by atoms with Crippen LogP contribution in [0.4, 0.5) is 4.39 Å². The quantitative estimate of drug-likeness (QED) is 0.865. The van der Waals surface area contributed by atoms with Crippen LogP contribution >= 0.6 is 12.4 Å². The van der Waals surface area contributed by atoms with E-state index in [-0.39, 0.29) is 18.2 Å². The average Bonchev–Trinajstić information content (AvgIpc) is 2.31. The lowest BCUT2D eigenvalue weighted by Gasteiger charge is -2.24. The molecule has 4 heteroatoms. The molecule has 0 spiro atoms. The molecule has 1 fully saturated rings. The molecule has 1 aliphatic heterocycles. The van der Waals surface area contributed by atoms with E-state index in [1.807, 2.05) is 6.07 Å². The first-order valence-electron chi connectivity index (χ1n) is 5.38. The highest BCUT2D eigenvalue weighted by Crippen LogP contribution is 2.27. The van der Waals surface area contributed by atoms with E-state index in [4.69, 9.17) is 4.74 Å². The van der Waals surface area contributed by atoms with Crippen molar-refractivity contribution in [2.24, 2.45) is 0 Å². The van der Waals surface area contributed by atoms with E-state index in [2.05, 4.69) is 5.32 Å². The van der Waals surface area contributed by atoms with Crippen LogP contribution in [0.1, 0.15) is 30.9 Å². The van der Waals surface area contributed by atoms with Crippen LogP contribution in [-0.4, -0.2) is 13.7 Å². The molecule has 0 bridgehead atoms. The lowest BCUT2D eigenvalue weighted by atomic mass is 9.97. The summed E-state index contributed by atoms with van der Waals surface area (Å²) in [5, 5.41) is 3.43. The molecule has 0 saturated carbocycles. The van der Waals surface area contributed by atoms with Gasteiger partial charge in [0.1, 0.15) is 0 Å². The fourth-order valence-electron chi connectivity index (χ4n) is 2.03. The van der Waals surface area contributed by atoms with E-state index in [1.165, 1.54) is 26.0 Å². The van der Waals surface area contributed by atoms with Crippen LogP contribution in [-0.2, 0) is 0 Å². The molecule has 16 heavy (non-hydrogen) atoms. The van der Waals surface area contributed by atoms with Gasteiger partial charge in [-0.05, 0) is 37.1 Å². The minimum Gasteiger partial charge on any atom is -0.494 e. The van der Waals surface area contributed by atoms with Gasteiger partial charge in [-0.2, -0.15) is 0 Å². The van der Waals surface area contributed by atoms with Crippen molar-refractivity contribution in [3.63, 3.8) is 0 Å². The molecular formula is C12H17ClFNO. The van der Waals surface area contributed by atoms with E-state index in [9.17, 15) is 4.39 Å². The molecule has 1 aromatic rings. The first-order valence-corrected chi connectivity index (χ1v) is 5.38. The predicted octanol–water partition coefficient (Wildman–Crippen LogP) is 3.07. The standard InChI is InChI=1S/C12H16FNO.ClH/c1-15-12-8-9(5-6-10(12)13)11-4-2-3-7-14-11;/h5-6,8,11,14H,2-4,7H2,1H3;1H/t11-;/m0./s1. The highest BCUT2D eigenvalue weighted by Gasteiger charge is 2.16. The average molecular weight is 246 g/mol. The second-order valence-corrected chi connectivity index (χ2v) is 3.90. The molecular weight excluding hydrogens is 229 g/mol. The molecule has 90 valence electrons. The third kappa shape index (κ3) is 2.86. The summed E-state index contributed by atoms with van der Waals surface area (Å²) in [5.41, 5.74) is 1.12. The molecule has 1 saturated heterocycles. The first-order chi connectivity index (χ1) is 7.31. The van der Waals surface area contributed by atoms with Crippen LogP contribution < -0.4 is 10.1 Å². The zero-order valence-corrected chi connectivity index (χ0v) is 10.1. The van der Waals surface area contributed by atoms with E-state index in [0.717, 1.165) is 18.5 Å². The van der Waals surface area contributed by atoms with Gasteiger partial charge < -0.3 is 10.1 Å². The van der Waals surface area contributed by atoms with Gasteiger partial charge in [-0.1, -0.05) is 12.5 Å². The maximum absolute atomic E-state index is 13.2. The lowest BCUT2D eigenvalue weighted by Crippen LogP contribution is -2.26. The second kappa shape index (κ2) is 6.06. The monoisotopic (exact) mass is 245 g/mol. The normalized spacial score (nSPS) is 20.0. The van der Waals surface area contributed by atoms with Crippen molar-refractivity contribution >= 4 is 12.4 Å². The maximum atomic E-state index is 13.2. The third-order valence-electron chi connectivity index (χ3n) is 2.89. The largest absolute Gasteiger partial charge is 0.494 e. The molecule has 1 N–H and O–H groups in total. The lowest BCUT2D eigenvalue weighted by molar-refractivity contribution is 0.379. The number of nitrogens with one attached hydrogen (secondary N) is 1. The fourth-order valence-corrected chi connectivity index (χ4v) is 2.03. The van der Waals surface area contributed by atoms with Crippen molar-refractivity contribution in [1.82, 2.24) is 5.32 Å². The van der Waals surface area contributed by atoms with E-state index < -0.39 is 0 Å². The van der Waals surface area contributed by atoms with Crippen LogP contribution in [0.15, 0.2) is 18.2 Å².